The van der Waals surface area contributed by atoms with Crippen molar-refractivity contribution in [1.82, 2.24) is 0 Å². The van der Waals surface area contributed by atoms with Crippen molar-refractivity contribution in [2.24, 2.45) is 0 Å². The van der Waals surface area contributed by atoms with Crippen LogP contribution in [0.4, 0.5) is 5.69 Å². The summed E-state index contributed by atoms with van der Waals surface area (Å²) >= 11 is 3.39. The van der Waals surface area contributed by atoms with Gasteiger partial charge in [-0.3, -0.25) is 9.59 Å². The van der Waals surface area contributed by atoms with Crippen LogP contribution in [-0.4, -0.2) is 24.9 Å². The Hall–Kier alpha value is -2.14. The zero-order chi connectivity index (χ0) is 18.1. The molecule has 0 saturated heterocycles. The molecule has 25 heavy (non-hydrogen) atoms. The fourth-order valence-electron chi connectivity index (χ4n) is 2.36. The van der Waals surface area contributed by atoms with Crippen molar-refractivity contribution < 1.29 is 14.3 Å². The van der Waals surface area contributed by atoms with E-state index in [2.05, 4.69) is 28.2 Å². The molecule has 0 heterocycles. The Labute approximate surface area is 156 Å². The molecule has 0 aromatic heterocycles. The Morgan fingerprint density at radius 2 is 1.84 bits per heavy atom. The molecule has 0 aliphatic rings. The van der Waals surface area contributed by atoms with E-state index in [-0.39, 0.29) is 18.3 Å². The van der Waals surface area contributed by atoms with E-state index in [1.165, 1.54) is 0 Å². The van der Waals surface area contributed by atoms with Gasteiger partial charge in [-0.1, -0.05) is 66.0 Å². The lowest BCUT2D eigenvalue weighted by atomic mass is 10.0. The number of unbranched alkanes of at least 4 members (excludes halogenated alkanes) is 2. The predicted molar refractivity (Wildman–Crippen MR) is 103 cm³/mol. The molecule has 0 unspecified atom stereocenters. The summed E-state index contributed by atoms with van der Waals surface area (Å²) in [6.45, 7) is 2.56. The molecule has 4 nitrogen and oxygen atoms in total. The molecule has 0 aliphatic heterocycles. The van der Waals surface area contributed by atoms with Gasteiger partial charge >= 0.3 is 5.97 Å². The summed E-state index contributed by atoms with van der Waals surface area (Å²) in [4.78, 5) is 24.5. The fourth-order valence-corrected chi connectivity index (χ4v) is 2.72. The zero-order valence-electron chi connectivity index (χ0n) is 14.3. The van der Waals surface area contributed by atoms with E-state index in [0.717, 1.165) is 23.7 Å². The smallest absolute Gasteiger partial charge is 0.325 e. The molecule has 0 atom stereocenters. The van der Waals surface area contributed by atoms with Crippen molar-refractivity contribution in [1.29, 1.82) is 0 Å². The maximum Gasteiger partial charge on any atom is 0.325 e. The monoisotopic (exact) mass is 403 g/mol. The average Bonchev–Trinajstić information content (AvgIpc) is 2.64. The van der Waals surface area contributed by atoms with Crippen molar-refractivity contribution in [3.63, 3.8) is 0 Å². The first-order valence-corrected chi connectivity index (χ1v) is 9.20. The van der Waals surface area contributed by atoms with Gasteiger partial charge in [0.25, 0.3) is 0 Å². The topological polar surface area (TPSA) is 55.4 Å². The summed E-state index contributed by atoms with van der Waals surface area (Å²) in [5, 5.41) is 3.02. The number of hydrogen-bond acceptors (Lipinski definition) is 4. The normalized spacial score (nSPS) is 10.3. The summed E-state index contributed by atoms with van der Waals surface area (Å²) in [5.41, 5.74) is 1.73. The highest BCUT2D eigenvalue weighted by Crippen LogP contribution is 2.24. The highest BCUT2D eigenvalue weighted by molar-refractivity contribution is 9.10. The van der Waals surface area contributed by atoms with E-state index in [4.69, 9.17) is 4.74 Å². The molecule has 132 valence electrons. The van der Waals surface area contributed by atoms with Crippen LogP contribution in [0.3, 0.4) is 0 Å². The van der Waals surface area contributed by atoms with Crippen LogP contribution in [0.2, 0.25) is 0 Å². The Morgan fingerprint density at radius 3 is 2.56 bits per heavy atom. The van der Waals surface area contributed by atoms with Crippen molar-refractivity contribution in [2.75, 3.05) is 18.5 Å². The molecule has 0 bridgehead atoms. The minimum Gasteiger partial charge on any atom is -0.464 e. The lowest BCUT2D eigenvalue weighted by molar-refractivity contribution is -0.141. The average molecular weight is 404 g/mol. The number of ketones is 1. The van der Waals surface area contributed by atoms with E-state index in [0.29, 0.717) is 23.4 Å². The number of halogens is 1. The lowest BCUT2D eigenvalue weighted by Crippen LogP contribution is -2.19. The van der Waals surface area contributed by atoms with Gasteiger partial charge in [0.15, 0.2) is 5.78 Å². The summed E-state index contributed by atoms with van der Waals surface area (Å²) < 4.78 is 5.98. The number of esters is 1. The van der Waals surface area contributed by atoms with Crippen LogP contribution in [0.15, 0.2) is 53.0 Å². The third-order valence-corrected chi connectivity index (χ3v) is 4.19. The Kier molecular flexibility index (Phi) is 7.67. The molecule has 0 amide bonds. The maximum atomic E-state index is 12.7. The van der Waals surface area contributed by atoms with Crippen molar-refractivity contribution in [2.45, 2.75) is 26.2 Å². The van der Waals surface area contributed by atoms with Crippen molar-refractivity contribution >= 4 is 33.4 Å². The van der Waals surface area contributed by atoms with Gasteiger partial charge < -0.3 is 10.1 Å². The molecule has 2 rings (SSSR count). The molecular formula is C20H22BrNO3. The van der Waals surface area contributed by atoms with E-state index >= 15 is 0 Å². The van der Waals surface area contributed by atoms with Crippen LogP contribution < -0.4 is 5.32 Å². The minimum atomic E-state index is -0.322. The van der Waals surface area contributed by atoms with E-state index in [1.54, 1.807) is 24.3 Å². The van der Waals surface area contributed by atoms with E-state index in [9.17, 15) is 9.59 Å². The van der Waals surface area contributed by atoms with Crippen LogP contribution in [0, 0.1) is 0 Å². The number of carbonyl (C=O) groups excluding carboxylic acids is 2. The van der Waals surface area contributed by atoms with Crippen LogP contribution in [0.5, 0.6) is 0 Å². The molecule has 1 N–H and O–H groups in total. The number of rotatable bonds is 9. The van der Waals surface area contributed by atoms with Crippen LogP contribution in [0.25, 0.3) is 0 Å². The maximum absolute atomic E-state index is 12.7. The molecule has 0 spiro atoms. The summed E-state index contributed by atoms with van der Waals surface area (Å²) in [5.74, 6) is -0.419. The lowest BCUT2D eigenvalue weighted by Gasteiger charge is -2.12. The Balaban J connectivity index is 2.04. The fraction of sp³-hybridized carbons (Fsp3) is 0.300. The highest BCUT2D eigenvalue weighted by atomic mass is 79.9. The third kappa shape index (κ3) is 6.02. The summed E-state index contributed by atoms with van der Waals surface area (Å²) in [7, 11) is 0. The Bertz CT molecular complexity index is 716. The molecular weight excluding hydrogens is 382 g/mol. The largest absolute Gasteiger partial charge is 0.464 e. The second-order valence-corrected chi connectivity index (χ2v) is 6.58. The number of nitrogens with one attached hydrogen (secondary N) is 1. The first-order valence-electron chi connectivity index (χ1n) is 8.40. The van der Waals surface area contributed by atoms with Gasteiger partial charge in [-0.2, -0.15) is 0 Å². The number of hydrogen-bond donors (Lipinski definition) is 1. The summed E-state index contributed by atoms with van der Waals surface area (Å²) in [6.07, 6.45) is 3.00. The summed E-state index contributed by atoms with van der Waals surface area (Å²) in [6, 6.07) is 14.4. The van der Waals surface area contributed by atoms with E-state index < -0.39 is 0 Å². The molecule has 5 heteroatoms. The molecule has 2 aromatic rings. The minimum absolute atomic E-state index is 0.0306. The quantitative estimate of drug-likeness (QED) is 0.370. The second-order valence-electron chi connectivity index (χ2n) is 5.67. The molecule has 0 radical (unpaired) electrons. The van der Waals surface area contributed by atoms with Gasteiger partial charge in [-0.05, 0) is 24.6 Å². The molecule has 0 saturated carbocycles. The van der Waals surface area contributed by atoms with Crippen LogP contribution in [-0.2, 0) is 9.53 Å². The second kappa shape index (κ2) is 9.99. The number of ether oxygens (including phenoxy) is 1. The number of carbonyl (C=O) groups is 2. The molecule has 0 aliphatic carbocycles. The van der Waals surface area contributed by atoms with Gasteiger partial charge in [0.1, 0.15) is 6.54 Å². The third-order valence-electron chi connectivity index (χ3n) is 3.70. The van der Waals surface area contributed by atoms with Crippen LogP contribution in [0.1, 0.15) is 42.1 Å². The van der Waals surface area contributed by atoms with Gasteiger partial charge in [0.05, 0.1) is 6.61 Å². The molecule has 2 aromatic carbocycles. The SMILES string of the molecule is CCCCCOC(=O)CNc1ccc(Br)cc1C(=O)c1ccccc1. The highest BCUT2D eigenvalue weighted by Gasteiger charge is 2.15. The van der Waals surface area contributed by atoms with Gasteiger partial charge in [0.2, 0.25) is 0 Å². The number of anilines is 1. The first kappa shape index (κ1) is 19.2. The van der Waals surface area contributed by atoms with Gasteiger partial charge in [0, 0.05) is 21.3 Å². The standard InChI is InChI=1S/C20H22BrNO3/c1-2-3-7-12-25-19(23)14-22-18-11-10-16(21)13-17(18)20(24)15-8-5-4-6-9-15/h4-6,8-11,13,22H,2-3,7,12,14H2,1H3. The van der Waals surface area contributed by atoms with Gasteiger partial charge in [-0.25, -0.2) is 0 Å². The Morgan fingerprint density at radius 1 is 1.08 bits per heavy atom. The van der Waals surface area contributed by atoms with Crippen molar-refractivity contribution in [3.8, 4) is 0 Å². The van der Waals surface area contributed by atoms with Crippen LogP contribution >= 0.6 is 15.9 Å². The molecule has 0 fully saturated rings. The zero-order valence-corrected chi connectivity index (χ0v) is 15.8. The van der Waals surface area contributed by atoms with Gasteiger partial charge in [-0.15, -0.1) is 0 Å². The first-order chi connectivity index (χ1) is 12.1. The van der Waals surface area contributed by atoms with Crippen molar-refractivity contribution in [3.05, 3.63) is 64.1 Å². The number of benzene rings is 2. The van der Waals surface area contributed by atoms with E-state index in [1.807, 2.05) is 24.3 Å². The predicted octanol–water partition coefficient (Wildman–Crippen LogP) is 4.83.